The molecule has 4 heteroatoms. The number of halogens is 1. The van der Waals surface area contributed by atoms with Crippen molar-refractivity contribution in [2.24, 2.45) is 0 Å². The standard InChI is InChI=1S/C15H14BrNO2/c1-10-3-2-4-11(7-10)8-13(15(18)19)12-5-6-17-9-14(12)16/h2-7,9,13H,8H2,1H3,(H,18,19). The number of rotatable bonds is 4. The molecular weight excluding hydrogens is 306 g/mol. The summed E-state index contributed by atoms with van der Waals surface area (Å²) in [6.45, 7) is 2.00. The minimum atomic E-state index is -0.826. The van der Waals surface area contributed by atoms with Gasteiger partial charge in [-0.2, -0.15) is 0 Å². The van der Waals surface area contributed by atoms with Crippen LogP contribution in [0.3, 0.4) is 0 Å². The Bertz CT molecular complexity index is 598. The number of aromatic nitrogens is 1. The number of hydrogen-bond acceptors (Lipinski definition) is 2. The summed E-state index contributed by atoms with van der Waals surface area (Å²) >= 11 is 3.37. The average Bonchev–Trinajstić information content (AvgIpc) is 2.37. The molecule has 1 N–H and O–H groups in total. The van der Waals surface area contributed by atoms with Crippen LogP contribution >= 0.6 is 15.9 Å². The van der Waals surface area contributed by atoms with E-state index in [1.165, 1.54) is 0 Å². The summed E-state index contributed by atoms with van der Waals surface area (Å²) in [5, 5.41) is 9.44. The molecule has 3 nitrogen and oxygen atoms in total. The quantitative estimate of drug-likeness (QED) is 0.937. The maximum atomic E-state index is 11.5. The largest absolute Gasteiger partial charge is 0.481 e. The van der Waals surface area contributed by atoms with Crippen LogP contribution in [0, 0.1) is 6.92 Å². The smallest absolute Gasteiger partial charge is 0.311 e. The predicted octanol–water partition coefficient (Wildman–Crippen LogP) is 3.56. The molecule has 1 heterocycles. The van der Waals surface area contributed by atoms with E-state index in [0.717, 1.165) is 21.2 Å². The van der Waals surface area contributed by atoms with Gasteiger partial charge in [-0.05, 0) is 46.5 Å². The van der Waals surface area contributed by atoms with Crippen molar-refractivity contribution in [3.05, 3.63) is 63.9 Å². The summed E-state index contributed by atoms with van der Waals surface area (Å²) in [7, 11) is 0. The fourth-order valence-electron chi connectivity index (χ4n) is 2.07. The Labute approximate surface area is 120 Å². The molecule has 0 bridgehead atoms. The second-order valence-electron chi connectivity index (χ2n) is 4.48. The van der Waals surface area contributed by atoms with Crippen LogP contribution < -0.4 is 0 Å². The van der Waals surface area contributed by atoms with E-state index in [1.54, 1.807) is 18.5 Å². The van der Waals surface area contributed by atoms with Crippen molar-refractivity contribution >= 4 is 21.9 Å². The molecule has 1 atom stereocenters. The van der Waals surface area contributed by atoms with Gasteiger partial charge in [0.1, 0.15) is 0 Å². The predicted molar refractivity (Wildman–Crippen MR) is 77.2 cm³/mol. The van der Waals surface area contributed by atoms with E-state index in [-0.39, 0.29) is 0 Å². The first kappa shape index (κ1) is 13.7. The van der Waals surface area contributed by atoms with Gasteiger partial charge in [0.2, 0.25) is 0 Å². The lowest BCUT2D eigenvalue weighted by molar-refractivity contribution is -0.138. The van der Waals surface area contributed by atoms with Gasteiger partial charge in [0.25, 0.3) is 0 Å². The van der Waals surface area contributed by atoms with Gasteiger partial charge in [-0.15, -0.1) is 0 Å². The molecule has 2 aromatic rings. The Hall–Kier alpha value is -1.68. The van der Waals surface area contributed by atoms with Crippen molar-refractivity contribution < 1.29 is 9.90 Å². The van der Waals surface area contributed by atoms with Crippen molar-refractivity contribution in [2.75, 3.05) is 0 Å². The molecule has 0 fully saturated rings. The second kappa shape index (κ2) is 5.97. The van der Waals surface area contributed by atoms with Gasteiger partial charge >= 0.3 is 5.97 Å². The van der Waals surface area contributed by atoms with Gasteiger partial charge in [-0.3, -0.25) is 9.78 Å². The number of benzene rings is 1. The van der Waals surface area contributed by atoms with Gasteiger partial charge in [-0.1, -0.05) is 29.8 Å². The Morgan fingerprint density at radius 3 is 2.84 bits per heavy atom. The number of hydrogen-bond donors (Lipinski definition) is 1. The lowest BCUT2D eigenvalue weighted by Crippen LogP contribution is -2.15. The molecule has 0 radical (unpaired) electrons. The molecule has 0 saturated carbocycles. The fraction of sp³-hybridized carbons (Fsp3) is 0.200. The van der Waals surface area contributed by atoms with E-state index in [1.807, 2.05) is 31.2 Å². The summed E-state index contributed by atoms with van der Waals surface area (Å²) in [5.41, 5.74) is 2.91. The van der Waals surface area contributed by atoms with E-state index >= 15 is 0 Å². The maximum absolute atomic E-state index is 11.5. The zero-order chi connectivity index (χ0) is 13.8. The highest BCUT2D eigenvalue weighted by atomic mass is 79.9. The maximum Gasteiger partial charge on any atom is 0.311 e. The minimum absolute atomic E-state index is 0.472. The van der Waals surface area contributed by atoms with Crippen molar-refractivity contribution in [1.29, 1.82) is 0 Å². The molecular formula is C15H14BrNO2. The number of aliphatic carboxylic acids is 1. The number of carboxylic acid groups (broad SMARTS) is 1. The Morgan fingerprint density at radius 1 is 1.42 bits per heavy atom. The van der Waals surface area contributed by atoms with Gasteiger partial charge in [-0.25, -0.2) is 0 Å². The molecule has 1 unspecified atom stereocenters. The third-order valence-corrected chi connectivity index (χ3v) is 3.66. The SMILES string of the molecule is Cc1cccc(CC(C(=O)O)c2ccncc2Br)c1. The molecule has 0 saturated heterocycles. The average molecular weight is 320 g/mol. The molecule has 2 rings (SSSR count). The third kappa shape index (κ3) is 3.41. The zero-order valence-corrected chi connectivity index (χ0v) is 12.1. The molecule has 0 amide bonds. The first-order valence-electron chi connectivity index (χ1n) is 5.95. The molecule has 19 heavy (non-hydrogen) atoms. The highest BCUT2D eigenvalue weighted by Crippen LogP contribution is 2.27. The van der Waals surface area contributed by atoms with Crippen molar-refractivity contribution in [3.63, 3.8) is 0 Å². The van der Waals surface area contributed by atoms with Crippen LogP contribution in [0.5, 0.6) is 0 Å². The highest BCUT2D eigenvalue weighted by Gasteiger charge is 2.22. The molecule has 1 aromatic heterocycles. The Balaban J connectivity index is 2.32. The van der Waals surface area contributed by atoms with Gasteiger partial charge in [0.15, 0.2) is 0 Å². The first-order valence-corrected chi connectivity index (χ1v) is 6.75. The monoisotopic (exact) mass is 319 g/mol. The van der Waals surface area contributed by atoms with Crippen molar-refractivity contribution in [2.45, 2.75) is 19.3 Å². The first-order chi connectivity index (χ1) is 9.08. The van der Waals surface area contributed by atoms with Crippen LogP contribution in [0.4, 0.5) is 0 Å². The van der Waals surface area contributed by atoms with Gasteiger partial charge < -0.3 is 5.11 Å². The lowest BCUT2D eigenvalue weighted by Gasteiger charge is -2.14. The zero-order valence-electron chi connectivity index (χ0n) is 10.5. The Morgan fingerprint density at radius 2 is 2.21 bits per heavy atom. The molecule has 0 aliphatic carbocycles. The van der Waals surface area contributed by atoms with Gasteiger partial charge in [0.05, 0.1) is 5.92 Å². The number of nitrogens with zero attached hydrogens (tertiary/aromatic N) is 1. The van der Waals surface area contributed by atoms with Crippen LogP contribution in [0.25, 0.3) is 0 Å². The molecule has 98 valence electrons. The number of pyridine rings is 1. The number of aryl methyl sites for hydroxylation is 1. The van der Waals surface area contributed by atoms with E-state index in [2.05, 4.69) is 20.9 Å². The van der Waals surface area contributed by atoms with Gasteiger partial charge in [0, 0.05) is 16.9 Å². The summed E-state index contributed by atoms with van der Waals surface area (Å²) < 4.78 is 0.732. The topological polar surface area (TPSA) is 50.2 Å². The lowest BCUT2D eigenvalue weighted by atomic mass is 9.92. The Kier molecular flexibility index (Phi) is 4.32. The number of carbonyl (C=O) groups is 1. The van der Waals surface area contributed by atoms with Crippen molar-refractivity contribution in [1.82, 2.24) is 4.98 Å². The molecule has 1 aromatic carbocycles. The van der Waals surface area contributed by atoms with E-state index in [9.17, 15) is 9.90 Å². The van der Waals surface area contributed by atoms with Crippen LogP contribution in [-0.2, 0) is 11.2 Å². The summed E-state index contributed by atoms with van der Waals surface area (Å²) in [4.78, 5) is 15.5. The summed E-state index contributed by atoms with van der Waals surface area (Å²) in [5.74, 6) is -1.40. The normalized spacial score (nSPS) is 12.1. The number of carboxylic acids is 1. The van der Waals surface area contributed by atoms with Crippen LogP contribution in [0.1, 0.15) is 22.6 Å². The van der Waals surface area contributed by atoms with Crippen LogP contribution in [0.2, 0.25) is 0 Å². The summed E-state index contributed by atoms with van der Waals surface area (Å²) in [6, 6.07) is 9.68. The van der Waals surface area contributed by atoms with E-state index in [0.29, 0.717) is 6.42 Å². The van der Waals surface area contributed by atoms with Crippen LogP contribution in [0.15, 0.2) is 47.2 Å². The molecule has 0 spiro atoms. The van der Waals surface area contributed by atoms with E-state index < -0.39 is 11.9 Å². The summed E-state index contributed by atoms with van der Waals surface area (Å²) in [6.07, 6.45) is 3.72. The minimum Gasteiger partial charge on any atom is -0.481 e. The van der Waals surface area contributed by atoms with E-state index in [4.69, 9.17) is 0 Å². The fourth-order valence-corrected chi connectivity index (χ4v) is 2.60. The van der Waals surface area contributed by atoms with Crippen molar-refractivity contribution in [3.8, 4) is 0 Å². The third-order valence-electron chi connectivity index (χ3n) is 3.00. The van der Waals surface area contributed by atoms with Crippen LogP contribution in [-0.4, -0.2) is 16.1 Å². The molecule has 0 aliphatic rings. The second-order valence-corrected chi connectivity index (χ2v) is 5.34. The molecule has 0 aliphatic heterocycles. The highest BCUT2D eigenvalue weighted by molar-refractivity contribution is 9.10.